The summed E-state index contributed by atoms with van der Waals surface area (Å²) >= 11 is 0. The van der Waals surface area contributed by atoms with Gasteiger partial charge >= 0.3 is 0 Å². The van der Waals surface area contributed by atoms with E-state index in [1.54, 1.807) is 13.1 Å². The van der Waals surface area contributed by atoms with Crippen molar-refractivity contribution < 1.29 is 9.84 Å². The fraction of sp³-hybridized carbons (Fsp3) is 0.111. The smallest absolute Gasteiger partial charge is 0.127 e. The highest BCUT2D eigenvalue weighted by molar-refractivity contribution is 5.37. The Kier molecular flexibility index (Phi) is 3.50. The van der Waals surface area contributed by atoms with E-state index < -0.39 is 5.60 Å². The number of rotatable bonds is 4. The van der Waals surface area contributed by atoms with Crippen molar-refractivity contribution in [1.82, 2.24) is 4.98 Å². The summed E-state index contributed by atoms with van der Waals surface area (Å²) in [6.45, 7) is 1.77. The van der Waals surface area contributed by atoms with E-state index in [0.29, 0.717) is 0 Å². The van der Waals surface area contributed by atoms with Crippen LogP contribution in [-0.2, 0) is 5.60 Å². The van der Waals surface area contributed by atoms with Gasteiger partial charge in [-0.2, -0.15) is 0 Å². The van der Waals surface area contributed by atoms with Gasteiger partial charge in [-0.15, -0.1) is 0 Å². The molecule has 1 heterocycles. The number of para-hydroxylation sites is 1. The monoisotopic (exact) mass is 279 g/mol. The third-order valence-electron chi connectivity index (χ3n) is 3.52. The summed E-state index contributed by atoms with van der Waals surface area (Å²) in [4.78, 5) is 3.05. The molecule has 1 atom stereocenters. The number of nitrogens with one attached hydrogen (secondary N) is 1. The molecule has 0 bridgehead atoms. The van der Waals surface area contributed by atoms with E-state index in [-0.39, 0.29) is 0 Å². The second kappa shape index (κ2) is 5.46. The molecule has 3 nitrogen and oxygen atoms in total. The highest BCUT2D eigenvalue weighted by atomic mass is 16.5. The molecule has 1 unspecified atom stereocenters. The quantitative estimate of drug-likeness (QED) is 0.756. The van der Waals surface area contributed by atoms with Crippen LogP contribution in [0.2, 0.25) is 0 Å². The van der Waals surface area contributed by atoms with Gasteiger partial charge in [-0.05, 0) is 48.9 Å². The van der Waals surface area contributed by atoms with Gasteiger partial charge in [0.05, 0.1) is 5.69 Å². The number of hydrogen-bond acceptors (Lipinski definition) is 2. The van der Waals surface area contributed by atoms with E-state index in [2.05, 4.69) is 4.98 Å². The van der Waals surface area contributed by atoms with E-state index in [0.717, 1.165) is 22.8 Å². The van der Waals surface area contributed by atoms with Crippen LogP contribution < -0.4 is 4.74 Å². The van der Waals surface area contributed by atoms with Crippen molar-refractivity contribution in [3.63, 3.8) is 0 Å². The third kappa shape index (κ3) is 2.83. The molecule has 2 aromatic carbocycles. The van der Waals surface area contributed by atoms with Crippen molar-refractivity contribution in [3.05, 3.63) is 84.2 Å². The predicted octanol–water partition coefficient (Wildman–Crippen LogP) is 4.06. The fourth-order valence-corrected chi connectivity index (χ4v) is 2.26. The number of benzene rings is 2. The van der Waals surface area contributed by atoms with E-state index >= 15 is 0 Å². The van der Waals surface area contributed by atoms with Gasteiger partial charge < -0.3 is 14.8 Å². The summed E-state index contributed by atoms with van der Waals surface area (Å²) in [6.07, 6.45) is 1.80. The Morgan fingerprint density at radius 1 is 0.857 bits per heavy atom. The number of H-pyrrole nitrogens is 1. The Morgan fingerprint density at radius 2 is 1.52 bits per heavy atom. The maximum atomic E-state index is 10.7. The average Bonchev–Trinajstić information content (AvgIpc) is 3.04. The standard InChI is InChI=1S/C18H17NO2/c1-18(20,17-8-5-13-19-17)14-9-11-16(12-10-14)21-15-6-3-2-4-7-15/h2-13,19-20H,1H3. The van der Waals surface area contributed by atoms with Crippen molar-refractivity contribution in [2.24, 2.45) is 0 Å². The van der Waals surface area contributed by atoms with Crippen LogP contribution >= 0.6 is 0 Å². The fourth-order valence-electron chi connectivity index (χ4n) is 2.26. The first kappa shape index (κ1) is 13.5. The molecule has 106 valence electrons. The summed E-state index contributed by atoms with van der Waals surface area (Å²) in [5.74, 6) is 1.54. The number of hydrogen-bond donors (Lipinski definition) is 2. The van der Waals surface area contributed by atoms with Gasteiger partial charge in [0.2, 0.25) is 0 Å². The summed E-state index contributed by atoms with van der Waals surface area (Å²) in [7, 11) is 0. The van der Waals surface area contributed by atoms with Crippen molar-refractivity contribution in [1.29, 1.82) is 0 Å². The normalized spacial score (nSPS) is 13.6. The highest BCUT2D eigenvalue weighted by Gasteiger charge is 2.26. The molecule has 2 N–H and O–H groups in total. The number of aliphatic hydroxyl groups is 1. The lowest BCUT2D eigenvalue weighted by Gasteiger charge is -2.23. The molecule has 0 fully saturated rings. The first-order chi connectivity index (χ1) is 10.2. The van der Waals surface area contributed by atoms with E-state index in [1.807, 2.05) is 66.7 Å². The maximum absolute atomic E-state index is 10.7. The van der Waals surface area contributed by atoms with Crippen LogP contribution in [0.15, 0.2) is 72.9 Å². The minimum atomic E-state index is -1.05. The molecule has 0 spiro atoms. The van der Waals surface area contributed by atoms with Crippen LogP contribution in [-0.4, -0.2) is 10.1 Å². The molecule has 0 aliphatic carbocycles. The van der Waals surface area contributed by atoms with Gasteiger partial charge in [-0.25, -0.2) is 0 Å². The lowest BCUT2D eigenvalue weighted by Crippen LogP contribution is -2.23. The SMILES string of the molecule is CC(O)(c1ccc(Oc2ccccc2)cc1)c1ccc[nH]1. The van der Waals surface area contributed by atoms with E-state index in [1.165, 1.54) is 0 Å². The Balaban J connectivity index is 1.81. The second-order valence-corrected chi connectivity index (χ2v) is 5.10. The van der Waals surface area contributed by atoms with Gasteiger partial charge in [0.15, 0.2) is 0 Å². The minimum absolute atomic E-state index is 0.743. The Labute approximate surface area is 123 Å². The van der Waals surface area contributed by atoms with Crippen molar-refractivity contribution in [2.45, 2.75) is 12.5 Å². The molecular formula is C18H17NO2. The highest BCUT2D eigenvalue weighted by Crippen LogP contribution is 2.30. The van der Waals surface area contributed by atoms with Crippen LogP contribution in [0.3, 0.4) is 0 Å². The van der Waals surface area contributed by atoms with Crippen LogP contribution in [0.4, 0.5) is 0 Å². The van der Waals surface area contributed by atoms with E-state index in [4.69, 9.17) is 4.74 Å². The molecule has 0 aliphatic rings. The van der Waals surface area contributed by atoms with Gasteiger partial charge in [-0.3, -0.25) is 0 Å². The lowest BCUT2D eigenvalue weighted by atomic mass is 9.93. The number of ether oxygens (including phenoxy) is 1. The molecule has 0 amide bonds. The number of aromatic nitrogens is 1. The zero-order chi connectivity index (χ0) is 14.7. The van der Waals surface area contributed by atoms with Crippen LogP contribution in [0.5, 0.6) is 11.5 Å². The van der Waals surface area contributed by atoms with Crippen LogP contribution in [0, 0.1) is 0 Å². The van der Waals surface area contributed by atoms with Gasteiger partial charge in [0, 0.05) is 6.20 Å². The summed E-state index contributed by atoms with van der Waals surface area (Å²) < 4.78 is 5.75. The summed E-state index contributed by atoms with van der Waals surface area (Å²) in [5, 5.41) is 10.7. The van der Waals surface area contributed by atoms with E-state index in [9.17, 15) is 5.11 Å². The van der Waals surface area contributed by atoms with Crippen molar-refractivity contribution >= 4 is 0 Å². The summed E-state index contributed by atoms with van der Waals surface area (Å²) in [5.41, 5.74) is 0.527. The number of aromatic amines is 1. The minimum Gasteiger partial charge on any atom is -0.457 e. The third-order valence-corrected chi connectivity index (χ3v) is 3.52. The average molecular weight is 279 g/mol. The largest absolute Gasteiger partial charge is 0.457 e. The zero-order valence-electron chi connectivity index (χ0n) is 11.8. The van der Waals surface area contributed by atoms with Crippen LogP contribution in [0.1, 0.15) is 18.2 Å². The second-order valence-electron chi connectivity index (χ2n) is 5.10. The topological polar surface area (TPSA) is 45.2 Å². The Bertz CT molecular complexity index is 686. The molecule has 3 heteroatoms. The van der Waals surface area contributed by atoms with Gasteiger partial charge in [0.25, 0.3) is 0 Å². The molecule has 0 saturated carbocycles. The maximum Gasteiger partial charge on any atom is 0.127 e. The molecule has 0 radical (unpaired) electrons. The lowest BCUT2D eigenvalue weighted by molar-refractivity contribution is 0.0979. The van der Waals surface area contributed by atoms with Crippen LogP contribution in [0.25, 0.3) is 0 Å². The molecule has 3 rings (SSSR count). The Hall–Kier alpha value is -2.52. The van der Waals surface area contributed by atoms with Gasteiger partial charge in [0.1, 0.15) is 17.1 Å². The molecule has 0 saturated heterocycles. The summed E-state index contributed by atoms with van der Waals surface area (Å²) in [6, 6.07) is 20.8. The molecule has 0 aliphatic heterocycles. The Morgan fingerprint density at radius 3 is 2.14 bits per heavy atom. The first-order valence-electron chi connectivity index (χ1n) is 6.86. The molecule has 21 heavy (non-hydrogen) atoms. The molecule has 3 aromatic rings. The molecular weight excluding hydrogens is 262 g/mol. The van der Waals surface area contributed by atoms with Crippen molar-refractivity contribution in [2.75, 3.05) is 0 Å². The van der Waals surface area contributed by atoms with Crippen molar-refractivity contribution in [3.8, 4) is 11.5 Å². The molecule has 1 aromatic heterocycles. The zero-order valence-corrected chi connectivity index (χ0v) is 11.8. The predicted molar refractivity (Wildman–Crippen MR) is 82.4 cm³/mol. The first-order valence-corrected chi connectivity index (χ1v) is 6.86. The van der Waals surface area contributed by atoms with Gasteiger partial charge in [-0.1, -0.05) is 30.3 Å².